The molecule has 0 aromatic rings. The highest BCUT2D eigenvalue weighted by atomic mass is 16.3. The number of hydrogen-bond acceptors (Lipinski definition) is 2. The molecular formula is C14H27NO2. The van der Waals surface area contributed by atoms with Gasteiger partial charge in [-0.3, -0.25) is 4.79 Å². The van der Waals surface area contributed by atoms with Gasteiger partial charge in [-0.05, 0) is 44.9 Å². The van der Waals surface area contributed by atoms with E-state index < -0.39 is 5.60 Å². The number of amides is 1. The molecule has 1 fully saturated rings. The summed E-state index contributed by atoms with van der Waals surface area (Å²) >= 11 is 0. The summed E-state index contributed by atoms with van der Waals surface area (Å²) in [7, 11) is 1.80. The summed E-state index contributed by atoms with van der Waals surface area (Å²) in [4.78, 5) is 14.0. The second kappa shape index (κ2) is 5.38. The van der Waals surface area contributed by atoms with Crippen LogP contribution in [0.2, 0.25) is 0 Å². The van der Waals surface area contributed by atoms with Crippen LogP contribution in [-0.2, 0) is 4.79 Å². The molecule has 3 heteroatoms. The summed E-state index contributed by atoms with van der Waals surface area (Å²) < 4.78 is 0. The smallest absolute Gasteiger partial charge is 0.225 e. The van der Waals surface area contributed by atoms with Crippen LogP contribution in [-0.4, -0.2) is 35.1 Å². The number of nitrogens with zero attached hydrogens (tertiary/aromatic N) is 1. The molecule has 0 aromatic carbocycles. The van der Waals surface area contributed by atoms with Gasteiger partial charge in [-0.25, -0.2) is 0 Å². The Hall–Kier alpha value is -0.570. The Bertz CT molecular complexity index is 260. The predicted octanol–water partition coefficient (Wildman–Crippen LogP) is 2.29. The molecule has 1 amide bonds. The van der Waals surface area contributed by atoms with E-state index in [1.54, 1.807) is 25.8 Å². The van der Waals surface area contributed by atoms with Crippen LogP contribution < -0.4 is 0 Å². The molecule has 0 aliphatic heterocycles. The average molecular weight is 241 g/mol. The molecule has 0 aromatic heterocycles. The molecule has 3 nitrogen and oxygen atoms in total. The molecule has 1 rings (SSSR count). The van der Waals surface area contributed by atoms with Crippen LogP contribution in [0.5, 0.6) is 0 Å². The van der Waals surface area contributed by atoms with E-state index in [-0.39, 0.29) is 11.8 Å². The Morgan fingerprint density at radius 2 is 1.71 bits per heavy atom. The molecule has 1 saturated carbocycles. The van der Waals surface area contributed by atoms with Crippen LogP contribution in [0.4, 0.5) is 0 Å². The third-order valence-corrected chi connectivity index (χ3v) is 3.53. The first-order chi connectivity index (χ1) is 7.69. The molecule has 0 radical (unpaired) electrons. The summed E-state index contributed by atoms with van der Waals surface area (Å²) in [5.41, 5.74) is -0.809. The molecule has 17 heavy (non-hydrogen) atoms. The number of aliphatic hydroxyl groups is 1. The molecule has 0 bridgehead atoms. The van der Waals surface area contributed by atoms with E-state index in [1.807, 2.05) is 0 Å². The van der Waals surface area contributed by atoms with Crippen molar-refractivity contribution in [3.63, 3.8) is 0 Å². The van der Waals surface area contributed by atoms with Crippen molar-refractivity contribution in [3.05, 3.63) is 0 Å². The van der Waals surface area contributed by atoms with E-state index >= 15 is 0 Å². The van der Waals surface area contributed by atoms with Crippen LogP contribution in [0, 0.1) is 17.8 Å². The van der Waals surface area contributed by atoms with Crippen LogP contribution in [0.15, 0.2) is 0 Å². The van der Waals surface area contributed by atoms with E-state index in [0.29, 0.717) is 18.4 Å². The van der Waals surface area contributed by atoms with Gasteiger partial charge < -0.3 is 10.0 Å². The fraction of sp³-hybridized carbons (Fsp3) is 0.929. The molecule has 1 aliphatic carbocycles. The van der Waals surface area contributed by atoms with Gasteiger partial charge in [-0.1, -0.05) is 13.8 Å². The maximum absolute atomic E-state index is 12.3. The molecule has 1 aliphatic rings. The first-order valence-corrected chi connectivity index (χ1v) is 6.66. The van der Waals surface area contributed by atoms with Gasteiger partial charge in [0.1, 0.15) is 0 Å². The maximum atomic E-state index is 12.3. The maximum Gasteiger partial charge on any atom is 0.225 e. The number of hydrogen-bond donors (Lipinski definition) is 1. The van der Waals surface area contributed by atoms with Crippen LogP contribution >= 0.6 is 0 Å². The largest absolute Gasteiger partial charge is 0.389 e. The molecule has 0 spiro atoms. The minimum atomic E-state index is -0.809. The van der Waals surface area contributed by atoms with Gasteiger partial charge in [0, 0.05) is 19.5 Å². The van der Waals surface area contributed by atoms with E-state index in [9.17, 15) is 9.90 Å². The van der Waals surface area contributed by atoms with Crippen molar-refractivity contribution in [2.24, 2.45) is 17.8 Å². The van der Waals surface area contributed by atoms with E-state index in [2.05, 4.69) is 13.8 Å². The zero-order valence-corrected chi connectivity index (χ0v) is 11.9. The molecular weight excluding hydrogens is 214 g/mol. The summed E-state index contributed by atoms with van der Waals surface area (Å²) in [5, 5.41) is 9.75. The lowest BCUT2D eigenvalue weighted by Gasteiger charge is -2.34. The van der Waals surface area contributed by atoms with Gasteiger partial charge in [-0.15, -0.1) is 0 Å². The van der Waals surface area contributed by atoms with Crippen molar-refractivity contribution >= 4 is 5.91 Å². The minimum absolute atomic E-state index is 0.154. The van der Waals surface area contributed by atoms with E-state index in [4.69, 9.17) is 0 Å². The number of rotatable bonds is 3. The Balaban J connectivity index is 2.57. The molecule has 100 valence electrons. The monoisotopic (exact) mass is 241 g/mol. The number of carbonyl (C=O) groups is 1. The Kier molecular flexibility index (Phi) is 4.59. The third kappa shape index (κ3) is 4.66. The summed E-state index contributed by atoms with van der Waals surface area (Å²) in [6.45, 7) is 8.34. The van der Waals surface area contributed by atoms with Crippen molar-refractivity contribution in [1.29, 1.82) is 0 Å². The summed E-state index contributed by atoms with van der Waals surface area (Å²) in [6.07, 6.45) is 3.23. The van der Waals surface area contributed by atoms with Crippen LogP contribution in [0.1, 0.15) is 47.0 Å². The second-order valence-electron chi connectivity index (χ2n) is 6.62. The predicted molar refractivity (Wildman–Crippen MR) is 69.6 cm³/mol. The van der Waals surface area contributed by atoms with E-state index in [1.165, 1.54) is 6.42 Å². The zero-order chi connectivity index (χ0) is 13.2. The molecule has 1 N–H and O–H groups in total. The van der Waals surface area contributed by atoms with Crippen LogP contribution in [0.3, 0.4) is 0 Å². The first kappa shape index (κ1) is 14.5. The Morgan fingerprint density at radius 1 is 1.24 bits per heavy atom. The summed E-state index contributed by atoms with van der Waals surface area (Å²) in [5.74, 6) is 1.64. The van der Waals surface area contributed by atoms with Gasteiger partial charge in [0.05, 0.1) is 5.60 Å². The molecule has 0 saturated heterocycles. The SMILES string of the molecule is CC1CC(C)CC(C(=O)N(C)CC(C)(C)O)C1. The average Bonchev–Trinajstić information content (AvgIpc) is 2.12. The van der Waals surface area contributed by atoms with Gasteiger partial charge in [0.2, 0.25) is 5.91 Å². The van der Waals surface area contributed by atoms with Gasteiger partial charge in [0.25, 0.3) is 0 Å². The quantitative estimate of drug-likeness (QED) is 0.823. The lowest BCUT2D eigenvalue weighted by Crippen LogP contribution is -2.43. The highest BCUT2D eigenvalue weighted by Crippen LogP contribution is 2.33. The van der Waals surface area contributed by atoms with Gasteiger partial charge in [0.15, 0.2) is 0 Å². The zero-order valence-electron chi connectivity index (χ0n) is 11.9. The van der Waals surface area contributed by atoms with Gasteiger partial charge >= 0.3 is 0 Å². The Morgan fingerprint density at radius 3 is 2.12 bits per heavy atom. The lowest BCUT2D eigenvalue weighted by molar-refractivity contribution is -0.139. The standard InChI is InChI=1S/C14H27NO2/c1-10-6-11(2)8-12(7-10)13(16)15(5)9-14(3,4)17/h10-12,17H,6-9H2,1-5H3. The van der Waals surface area contributed by atoms with Crippen LogP contribution in [0.25, 0.3) is 0 Å². The highest BCUT2D eigenvalue weighted by molar-refractivity contribution is 5.78. The topological polar surface area (TPSA) is 40.5 Å². The van der Waals surface area contributed by atoms with Crippen molar-refractivity contribution in [1.82, 2.24) is 4.90 Å². The minimum Gasteiger partial charge on any atom is -0.389 e. The molecule has 2 atom stereocenters. The second-order valence-corrected chi connectivity index (χ2v) is 6.62. The van der Waals surface area contributed by atoms with Crippen molar-refractivity contribution in [2.75, 3.05) is 13.6 Å². The van der Waals surface area contributed by atoms with Crippen molar-refractivity contribution in [2.45, 2.75) is 52.6 Å². The molecule has 2 unspecified atom stereocenters. The van der Waals surface area contributed by atoms with E-state index in [0.717, 1.165) is 12.8 Å². The summed E-state index contributed by atoms with van der Waals surface area (Å²) in [6, 6.07) is 0. The first-order valence-electron chi connectivity index (χ1n) is 6.66. The fourth-order valence-electron chi connectivity index (χ4n) is 3.12. The number of carbonyl (C=O) groups excluding carboxylic acids is 1. The highest BCUT2D eigenvalue weighted by Gasteiger charge is 2.31. The van der Waals surface area contributed by atoms with Gasteiger partial charge in [-0.2, -0.15) is 0 Å². The normalized spacial score (nSPS) is 30.1. The third-order valence-electron chi connectivity index (χ3n) is 3.53. The lowest BCUT2D eigenvalue weighted by atomic mass is 9.76. The fourth-order valence-corrected chi connectivity index (χ4v) is 3.12. The Labute approximate surface area is 105 Å². The molecule has 0 heterocycles. The van der Waals surface area contributed by atoms with Crippen molar-refractivity contribution in [3.8, 4) is 0 Å². The van der Waals surface area contributed by atoms with Crippen molar-refractivity contribution < 1.29 is 9.90 Å². The number of likely N-dealkylation sites (N-methyl/N-ethyl adjacent to an activating group) is 1.